The Labute approximate surface area is 134 Å². The van der Waals surface area contributed by atoms with E-state index in [0.717, 1.165) is 19.4 Å². The van der Waals surface area contributed by atoms with E-state index >= 15 is 0 Å². The van der Waals surface area contributed by atoms with Crippen LogP contribution in [0.4, 0.5) is 0 Å². The van der Waals surface area contributed by atoms with Gasteiger partial charge in [-0.15, -0.1) is 0 Å². The van der Waals surface area contributed by atoms with Crippen molar-refractivity contribution in [1.82, 2.24) is 24.8 Å². The average molecular weight is 313 g/mol. The van der Waals surface area contributed by atoms with E-state index in [1.807, 2.05) is 4.90 Å². The molecule has 0 aliphatic carbocycles. The second-order valence-electron chi connectivity index (χ2n) is 5.47. The van der Waals surface area contributed by atoms with Gasteiger partial charge in [0.05, 0.1) is 0 Å². The molecule has 0 radical (unpaired) electrons. The molecule has 2 aromatic heterocycles. The first-order valence-corrected chi connectivity index (χ1v) is 7.74. The number of imidazole rings is 1. The van der Waals surface area contributed by atoms with E-state index < -0.39 is 0 Å². The summed E-state index contributed by atoms with van der Waals surface area (Å²) in [5.74, 6) is 0.731. The molecule has 2 amide bonds. The Kier molecular flexibility index (Phi) is 4.65. The predicted octanol–water partition coefficient (Wildman–Crippen LogP) is 1.01. The van der Waals surface area contributed by atoms with Gasteiger partial charge in [0.2, 0.25) is 5.91 Å². The predicted molar refractivity (Wildman–Crippen MR) is 84.1 cm³/mol. The topological polar surface area (TPSA) is 80.1 Å². The number of amides is 2. The van der Waals surface area contributed by atoms with E-state index in [0.29, 0.717) is 30.9 Å². The summed E-state index contributed by atoms with van der Waals surface area (Å²) in [5.41, 5.74) is 0.556. The van der Waals surface area contributed by atoms with Gasteiger partial charge in [0.15, 0.2) is 0 Å². The summed E-state index contributed by atoms with van der Waals surface area (Å²) in [5, 5.41) is 2.88. The van der Waals surface area contributed by atoms with Crippen LogP contribution in [-0.4, -0.2) is 50.9 Å². The Morgan fingerprint density at radius 3 is 3.00 bits per heavy atom. The average Bonchev–Trinajstić information content (AvgIpc) is 3.23. The Bertz CT molecular complexity index is 684. The molecule has 1 fully saturated rings. The molecule has 3 rings (SSSR count). The molecular weight excluding hydrogens is 294 g/mol. The summed E-state index contributed by atoms with van der Waals surface area (Å²) in [4.78, 5) is 33.7. The van der Waals surface area contributed by atoms with Gasteiger partial charge in [0, 0.05) is 50.2 Å². The molecule has 7 heteroatoms. The normalized spacial score (nSPS) is 14.3. The van der Waals surface area contributed by atoms with Gasteiger partial charge < -0.3 is 10.2 Å². The number of pyridine rings is 1. The van der Waals surface area contributed by atoms with Gasteiger partial charge in [-0.25, -0.2) is 9.97 Å². The highest BCUT2D eigenvalue weighted by atomic mass is 16.2. The Morgan fingerprint density at radius 2 is 2.26 bits per heavy atom. The Hall–Kier alpha value is -2.70. The highest BCUT2D eigenvalue weighted by Gasteiger charge is 2.19. The molecule has 2 aromatic rings. The van der Waals surface area contributed by atoms with Crippen molar-refractivity contribution in [2.45, 2.75) is 19.3 Å². The number of nitrogens with one attached hydrogen (secondary N) is 1. The van der Waals surface area contributed by atoms with Gasteiger partial charge in [-0.2, -0.15) is 0 Å². The summed E-state index contributed by atoms with van der Waals surface area (Å²) in [6, 6.07) is 3.40. The molecule has 0 atom stereocenters. The van der Waals surface area contributed by atoms with Gasteiger partial charge in [-0.05, 0) is 25.0 Å². The lowest BCUT2D eigenvalue weighted by Gasteiger charge is -2.15. The van der Waals surface area contributed by atoms with E-state index in [1.165, 1.54) is 0 Å². The molecule has 0 bridgehead atoms. The minimum absolute atomic E-state index is 0.137. The number of carbonyl (C=O) groups excluding carboxylic acids is 2. The lowest BCUT2D eigenvalue weighted by molar-refractivity contribution is -0.127. The van der Waals surface area contributed by atoms with E-state index in [4.69, 9.17) is 0 Å². The highest BCUT2D eigenvalue weighted by molar-refractivity contribution is 5.94. The first-order valence-electron chi connectivity index (χ1n) is 7.74. The lowest BCUT2D eigenvalue weighted by Crippen LogP contribution is -2.30. The maximum absolute atomic E-state index is 12.2. The van der Waals surface area contributed by atoms with Crippen LogP contribution in [0.5, 0.6) is 0 Å². The number of carbonyl (C=O) groups is 2. The molecule has 1 saturated heterocycles. The monoisotopic (exact) mass is 313 g/mol. The number of hydrogen-bond donors (Lipinski definition) is 1. The SMILES string of the molecule is O=C(NCCCN1CCCC1=O)c1ccnc(-n2ccnc2)c1. The summed E-state index contributed by atoms with van der Waals surface area (Å²) in [6.45, 7) is 2.09. The molecule has 0 spiro atoms. The van der Waals surface area contributed by atoms with Crippen LogP contribution in [0.3, 0.4) is 0 Å². The largest absolute Gasteiger partial charge is 0.352 e. The number of nitrogens with zero attached hydrogens (tertiary/aromatic N) is 4. The van der Waals surface area contributed by atoms with Crippen molar-refractivity contribution in [2.24, 2.45) is 0 Å². The fourth-order valence-corrected chi connectivity index (χ4v) is 2.61. The molecule has 7 nitrogen and oxygen atoms in total. The summed E-state index contributed by atoms with van der Waals surface area (Å²) in [6.07, 6.45) is 9.03. The van der Waals surface area contributed by atoms with Gasteiger partial charge in [-0.1, -0.05) is 0 Å². The first-order chi connectivity index (χ1) is 11.2. The van der Waals surface area contributed by atoms with Crippen LogP contribution < -0.4 is 5.32 Å². The van der Waals surface area contributed by atoms with Crippen LogP contribution in [0.25, 0.3) is 5.82 Å². The summed E-state index contributed by atoms with van der Waals surface area (Å²) < 4.78 is 1.75. The quantitative estimate of drug-likeness (QED) is 0.807. The third-order valence-corrected chi connectivity index (χ3v) is 3.84. The zero-order chi connectivity index (χ0) is 16.1. The Morgan fingerprint density at radius 1 is 1.35 bits per heavy atom. The van der Waals surface area contributed by atoms with Crippen LogP contribution in [0.15, 0.2) is 37.1 Å². The maximum Gasteiger partial charge on any atom is 0.251 e. The second kappa shape index (κ2) is 7.04. The number of rotatable bonds is 6. The fraction of sp³-hybridized carbons (Fsp3) is 0.375. The van der Waals surface area contributed by atoms with Gasteiger partial charge in [-0.3, -0.25) is 14.2 Å². The molecule has 1 aliphatic heterocycles. The maximum atomic E-state index is 12.2. The molecule has 0 saturated carbocycles. The Balaban J connectivity index is 1.50. The number of likely N-dealkylation sites (tertiary alicyclic amines) is 1. The van der Waals surface area contributed by atoms with Crippen LogP contribution in [0.1, 0.15) is 29.6 Å². The number of hydrogen-bond acceptors (Lipinski definition) is 4. The van der Waals surface area contributed by atoms with Crippen molar-refractivity contribution in [1.29, 1.82) is 0 Å². The smallest absolute Gasteiger partial charge is 0.251 e. The minimum atomic E-state index is -0.137. The third kappa shape index (κ3) is 3.74. The van der Waals surface area contributed by atoms with Crippen molar-refractivity contribution in [3.63, 3.8) is 0 Å². The highest BCUT2D eigenvalue weighted by Crippen LogP contribution is 2.10. The van der Waals surface area contributed by atoms with Crippen molar-refractivity contribution >= 4 is 11.8 Å². The number of aromatic nitrogens is 3. The summed E-state index contributed by atoms with van der Waals surface area (Å²) in [7, 11) is 0. The second-order valence-corrected chi connectivity index (χ2v) is 5.47. The van der Waals surface area contributed by atoms with E-state index in [2.05, 4.69) is 15.3 Å². The van der Waals surface area contributed by atoms with Crippen molar-refractivity contribution < 1.29 is 9.59 Å². The zero-order valence-corrected chi connectivity index (χ0v) is 12.8. The fourth-order valence-electron chi connectivity index (χ4n) is 2.61. The molecule has 1 aliphatic rings. The van der Waals surface area contributed by atoms with Crippen LogP contribution in [-0.2, 0) is 4.79 Å². The van der Waals surface area contributed by atoms with E-state index in [1.54, 1.807) is 41.6 Å². The van der Waals surface area contributed by atoms with Crippen molar-refractivity contribution in [3.8, 4) is 5.82 Å². The molecule has 0 aromatic carbocycles. The van der Waals surface area contributed by atoms with Crippen molar-refractivity contribution in [3.05, 3.63) is 42.6 Å². The van der Waals surface area contributed by atoms with Crippen LogP contribution in [0, 0.1) is 0 Å². The molecule has 120 valence electrons. The van der Waals surface area contributed by atoms with Crippen molar-refractivity contribution in [2.75, 3.05) is 19.6 Å². The zero-order valence-electron chi connectivity index (χ0n) is 12.8. The first kappa shape index (κ1) is 15.2. The lowest BCUT2D eigenvalue weighted by atomic mass is 10.2. The van der Waals surface area contributed by atoms with Crippen LogP contribution in [0.2, 0.25) is 0 Å². The minimum Gasteiger partial charge on any atom is -0.352 e. The molecule has 23 heavy (non-hydrogen) atoms. The van der Waals surface area contributed by atoms with E-state index in [-0.39, 0.29) is 11.8 Å². The van der Waals surface area contributed by atoms with E-state index in [9.17, 15) is 9.59 Å². The molecule has 3 heterocycles. The van der Waals surface area contributed by atoms with Crippen LogP contribution >= 0.6 is 0 Å². The standard InChI is InChI=1S/C16H19N5O2/c22-15-3-1-8-20(15)9-2-5-19-16(23)13-4-6-18-14(11-13)21-10-7-17-12-21/h4,6-7,10-12H,1-3,5,8-9H2,(H,19,23). The molecular formula is C16H19N5O2. The summed E-state index contributed by atoms with van der Waals surface area (Å²) >= 11 is 0. The molecule has 1 N–H and O–H groups in total. The van der Waals surface area contributed by atoms with Gasteiger partial charge >= 0.3 is 0 Å². The van der Waals surface area contributed by atoms with Gasteiger partial charge in [0.25, 0.3) is 5.91 Å². The molecule has 0 unspecified atom stereocenters. The van der Waals surface area contributed by atoms with Gasteiger partial charge in [0.1, 0.15) is 12.1 Å². The third-order valence-electron chi connectivity index (χ3n) is 3.84.